The summed E-state index contributed by atoms with van der Waals surface area (Å²) in [5.41, 5.74) is 0.500. The first-order valence-electron chi connectivity index (χ1n) is 22.3. The molecule has 3 atom stereocenters. The van der Waals surface area contributed by atoms with Crippen LogP contribution in [0.5, 0.6) is 5.75 Å². The fourth-order valence-corrected chi connectivity index (χ4v) is 7.49. The SMILES string of the molecule is CC(=O)NC(Cc1ccc(O)cc1)C(=O)NC(Cc1ccc(F)cc1)C(=O)N1CC(=O)N(CCc2ccc3ccccc3c2)CC1CCCN=C(NC(=O)OC(C)(C)C)NC(=O)OC(C)(C)C. The molecular formula is C50H62FN7O9. The monoisotopic (exact) mass is 923 g/mol. The molecule has 0 saturated carbocycles. The molecule has 1 aliphatic heterocycles. The van der Waals surface area contributed by atoms with Crippen LogP contribution in [0.1, 0.15) is 78.0 Å². The number of hydrogen-bond acceptors (Lipinski definition) is 10. The summed E-state index contributed by atoms with van der Waals surface area (Å²) in [5.74, 6) is -2.71. The summed E-state index contributed by atoms with van der Waals surface area (Å²) in [7, 11) is 0. The van der Waals surface area contributed by atoms with E-state index >= 15 is 0 Å². The number of amides is 6. The Morgan fingerprint density at radius 3 is 1.94 bits per heavy atom. The minimum absolute atomic E-state index is 0.0225. The van der Waals surface area contributed by atoms with Crippen molar-refractivity contribution in [1.29, 1.82) is 0 Å². The Balaban J connectivity index is 1.42. The van der Waals surface area contributed by atoms with Crippen LogP contribution in [0.15, 0.2) is 96.0 Å². The molecule has 4 aromatic rings. The van der Waals surface area contributed by atoms with Crippen LogP contribution in [-0.2, 0) is 47.9 Å². The molecule has 0 spiro atoms. The molecule has 17 heteroatoms. The summed E-state index contributed by atoms with van der Waals surface area (Å²) in [6, 6.07) is 22.8. The molecule has 5 rings (SSSR count). The van der Waals surface area contributed by atoms with Crippen LogP contribution in [0.4, 0.5) is 14.0 Å². The highest BCUT2D eigenvalue weighted by atomic mass is 19.1. The first kappa shape index (κ1) is 51.0. The van der Waals surface area contributed by atoms with Crippen LogP contribution in [0.2, 0.25) is 0 Å². The Hall–Kier alpha value is -7.04. The number of hydrogen-bond donors (Lipinski definition) is 5. The lowest BCUT2D eigenvalue weighted by molar-refractivity contribution is -0.151. The third kappa shape index (κ3) is 16.7. The van der Waals surface area contributed by atoms with Gasteiger partial charge < -0.3 is 35.0 Å². The second kappa shape index (κ2) is 22.9. The number of piperazine rings is 1. The van der Waals surface area contributed by atoms with E-state index < -0.39 is 65.1 Å². The highest BCUT2D eigenvalue weighted by Crippen LogP contribution is 2.22. The Kier molecular flexibility index (Phi) is 17.4. The van der Waals surface area contributed by atoms with Gasteiger partial charge in [0.15, 0.2) is 0 Å². The van der Waals surface area contributed by atoms with Gasteiger partial charge in [-0.05, 0) is 113 Å². The number of carbonyl (C=O) groups excluding carboxylic acids is 6. The van der Waals surface area contributed by atoms with Gasteiger partial charge in [-0.3, -0.25) is 34.8 Å². The maximum absolute atomic E-state index is 14.9. The average molecular weight is 924 g/mol. The van der Waals surface area contributed by atoms with E-state index in [1.165, 1.54) is 48.2 Å². The van der Waals surface area contributed by atoms with E-state index in [1.807, 2.05) is 36.4 Å². The number of aromatic hydroxyl groups is 1. The number of nitrogens with zero attached hydrogens (tertiary/aromatic N) is 3. The molecule has 5 N–H and O–H groups in total. The Morgan fingerprint density at radius 1 is 0.776 bits per heavy atom. The van der Waals surface area contributed by atoms with E-state index in [2.05, 4.69) is 32.3 Å². The van der Waals surface area contributed by atoms with Crippen molar-refractivity contribution in [2.75, 3.05) is 26.2 Å². The largest absolute Gasteiger partial charge is 0.508 e. The number of rotatable bonds is 15. The first-order valence-corrected chi connectivity index (χ1v) is 22.3. The van der Waals surface area contributed by atoms with Crippen molar-refractivity contribution in [3.05, 3.63) is 114 Å². The number of benzene rings is 4. The topological polar surface area (TPSA) is 208 Å². The van der Waals surface area contributed by atoms with Crippen LogP contribution in [0, 0.1) is 5.82 Å². The van der Waals surface area contributed by atoms with Gasteiger partial charge in [0.1, 0.15) is 41.4 Å². The van der Waals surface area contributed by atoms with E-state index in [-0.39, 0.29) is 50.1 Å². The van der Waals surface area contributed by atoms with Gasteiger partial charge in [0.25, 0.3) is 0 Å². The molecule has 1 heterocycles. The summed E-state index contributed by atoms with van der Waals surface area (Å²) >= 11 is 0. The van der Waals surface area contributed by atoms with Crippen LogP contribution in [0.25, 0.3) is 10.8 Å². The van der Waals surface area contributed by atoms with Crippen LogP contribution < -0.4 is 21.3 Å². The molecule has 16 nitrogen and oxygen atoms in total. The summed E-state index contributed by atoms with van der Waals surface area (Å²) in [5, 5.41) is 22.4. The Labute approximate surface area is 390 Å². The quantitative estimate of drug-likeness (QED) is 0.0544. The molecule has 0 aromatic heterocycles. The highest BCUT2D eigenvalue weighted by molar-refractivity contribution is 6.01. The van der Waals surface area contributed by atoms with E-state index in [1.54, 1.807) is 58.6 Å². The van der Waals surface area contributed by atoms with Gasteiger partial charge in [-0.2, -0.15) is 0 Å². The Morgan fingerprint density at radius 2 is 1.34 bits per heavy atom. The number of alkyl carbamates (subject to hydrolysis) is 2. The number of fused-ring (bicyclic) bond motifs is 1. The van der Waals surface area contributed by atoms with Gasteiger partial charge in [-0.1, -0.05) is 66.7 Å². The van der Waals surface area contributed by atoms with Crippen molar-refractivity contribution in [3.8, 4) is 5.75 Å². The van der Waals surface area contributed by atoms with Crippen LogP contribution >= 0.6 is 0 Å². The second-order valence-corrected chi connectivity index (χ2v) is 18.5. The third-order valence-corrected chi connectivity index (χ3v) is 10.5. The molecule has 0 aliphatic carbocycles. The zero-order valence-electron chi connectivity index (χ0n) is 39.2. The lowest BCUT2D eigenvalue weighted by atomic mass is 9.99. The molecule has 1 saturated heterocycles. The molecule has 1 fully saturated rings. The summed E-state index contributed by atoms with van der Waals surface area (Å²) in [4.78, 5) is 88.5. The number of halogens is 1. The molecule has 0 bridgehead atoms. The highest BCUT2D eigenvalue weighted by Gasteiger charge is 2.39. The standard InChI is InChI=1S/C50H62FN7O9/c1-32(59)53-41(28-34-17-22-40(60)23-18-34)44(62)54-42(29-33-15-20-38(51)21-16-33)45(63)58-31-43(61)57(26-24-35-14-19-36-11-8-9-12-37(36)27-35)30-39(58)13-10-25-52-46(55-47(64)66-49(2,3)4)56-48(65)67-50(5,6)7/h8-9,11-12,14-23,27,39,41-42,60H,10,13,24-26,28-31H2,1-7H3,(H,53,59)(H,54,62)(H2,52,55,56,64,65). The molecule has 358 valence electrons. The zero-order valence-corrected chi connectivity index (χ0v) is 39.2. The minimum Gasteiger partial charge on any atom is -0.508 e. The fraction of sp³-hybridized carbons (Fsp3) is 0.420. The zero-order chi connectivity index (χ0) is 48.9. The van der Waals surface area contributed by atoms with Crippen molar-refractivity contribution < 1.29 is 47.7 Å². The molecule has 1 aliphatic rings. The number of guanidine groups is 1. The normalized spacial score (nSPS) is 14.9. The average Bonchev–Trinajstić information content (AvgIpc) is 3.24. The molecule has 6 amide bonds. The minimum atomic E-state index is -1.26. The van der Waals surface area contributed by atoms with Gasteiger partial charge in [0.05, 0.1) is 0 Å². The summed E-state index contributed by atoms with van der Waals surface area (Å²) in [6.07, 6.45) is -0.591. The van der Waals surface area contributed by atoms with Gasteiger partial charge in [0.2, 0.25) is 29.6 Å². The van der Waals surface area contributed by atoms with Gasteiger partial charge in [0, 0.05) is 45.4 Å². The second-order valence-electron chi connectivity index (χ2n) is 18.5. The summed E-state index contributed by atoms with van der Waals surface area (Å²) < 4.78 is 24.8. The van der Waals surface area contributed by atoms with Crippen LogP contribution in [0.3, 0.4) is 0 Å². The predicted molar refractivity (Wildman–Crippen MR) is 251 cm³/mol. The summed E-state index contributed by atoms with van der Waals surface area (Å²) in [6.45, 7) is 11.6. The van der Waals surface area contributed by atoms with Gasteiger partial charge >= 0.3 is 12.2 Å². The molecule has 0 radical (unpaired) electrons. The number of ether oxygens (including phenoxy) is 2. The number of phenols is 1. The number of phenolic OH excluding ortho intramolecular Hbond substituents is 1. The third-order valence-electron chi connectivity index (χ3n) is 10.5. The van der Waals surface area contributed by atoms with Gasteiger partial charge in [-0.25, -0.2) is 14.0 Å². The predicted octanol–water partition coefficient (Wildman–Crippen LogP) is 5.93. The van der Waals surface area contributed by atoms with E-state index in [0.717, 1.165) is 16.3 Å². The van der Waals surface area contributed by atoms with Crippen molar-refractivity contribution in [2.24, 2.45) is 4.99 Å². The van der Waals surface area contributed by atoms with Gasteiger partial charge in [-0.15, -0.1) is 0 Å². The molecular weight excluding hydrogens is 862 g/mol. The maximum Gasteiger partial charge on any atom is 0.414 e. The van der Waals surface area contributed by atoms with E-state index in [0.29, 0.717) is 36.9 Å². The molecule has 67 heavy (non-hydrogen) atoms. The van der Waals surface area contributed by atoms with E-state index in [4.69, 9.17) is 9.47 Å². The first-order chi connectivity index (χ1) is 31.6. The number of carbonyl (C=O) groups is 6. The van der Waals surface area contributed by atoms with Crippen molar-refractivity contribution in [3.63, 3.8) is 0 Å². The number of nitrogens with one attached hydrogen (secondary N) is 4. The molecule has 3 unspecified atom stereocenters. The fourth-order valence-electron chi connectivity index (χ4n) is 7.49. The lowest BCUT2D eigenvalue weighted by Gasteiger charge is -2.42. The molecule has 4 aromatic carbocycles. The van der Waals surface area contributed by atoms with Crippen molar-refractivity contribution >= 4 is 52.5 Å². The number of aliphatic imine (C=N–C) groups is 1. The maximum atomic E-state index is 14.9. The van der Waals surface area contributed by atoms with Crippen LogP contribution in [-0.4, -0.2) is 112 Å². The van der Waals surface area contributed by atoms with Crippen molar-refractivity contribution in [2.45, 2.75) is 110 Å². The van der Waals surface area contributed by atoms with E-state index in [9.17, 15) is 38.3 Å². The lowest BCUT2D eigenvalue weighted by Crippen LogP contribution is -2.63. The Bertz CT molecular complexity index is 2380. The van der Waals surface area contributed by atoms with Crippen molar-refractivity contribution in [1.82, 2.24) is 31.1 Å². The smallest absolute Gasteiger partial charge is 0.414 e.